The summed E-state index contributed by atoms with van der Waals surface area (Å²) in [7, 11) is 1.25. The molecule has 0 bridgehead atoms. The lowest BCUT2D eigenvalue weighted by atomic mass is 10.1. The summed E-state index contributed by atoms with van der Waals surface area (Å²) in [6, 6.07) is 17.1. The molecule has 2 atom stereocenters. The second-order valence-electron chi connectivity index (χ2n) is 9.16. The van der Waals surface area contributed by atoms with E-state index in [0.29, 0.717) is 51.6 Å². The first kappa shape index (κ1) is 32.1. The normalized spacial score (nSPS) is 11.9. The lowest BCUT2D eigenvalue weighted by molar-refractivity contribution is -0.145. The number of nitrogens with one attached hydrogen (secondary N) is 3. The van der Waals surface area contributed by atoms with Crippen LogP contribution in [0.15, 0.2) is 60.7 Å². The minimum atomic E-state index is -0.838. The van der Waals surface area contributed by atoms with Gasteiger partial charge in [0, 0.05) is 13.1 Å². The lowest BCUT2D eigenvalue weighted by Gasteiger charge is -2.19. The fraction of sp³-hybridized carbons (Fsp3) is 0.448. The number of methoxy groups -OCH3 is 1. The molecule has 3 amide bonds. The minimum absolute atomic E-state index is 0.182. The van der Waals surface area contributed by atoms with Gasteiger partial charge in [0.2, 0.25) is 5.91 Å². The number of hydrogen-bond acceptors (Lipinski definition) is 8. The highest BCUT2D eigenvalue weighted by Gasteiger charge is 2.24. The molecular weight excluding hydrogens is 516 g/mol. The molecule has 0 aliphatic carbocycles. The number of unbranched alkanes of at least 4 members (excludes halogenated alkanes) is 2. The molecule has 0 spiro atoms. The van der Waals surface area contributed by atoms with Crippen LogP contribution in [0.5, 0.6) is 0 Å². The van der Waals surface area contributed by atoms with E-state index < -0.39 is 36.1 Å². The summed E-state index contributed by atoms with van der Waals surface area (Å²) in [5, 5.41) is 7.99. The zero-order valence-electron chi connectivity index (χ0n) is 22.9. The third-order valence-electron chi connectivity index (χ3n) is 5.96. The number of nitrogens with two attached hydrogens (primary N) is 1. The lowest BCUT2D eigenvalue weighted by Crippen LogP contribution is -2.48. The Kier molecular flexibility index (Phi) is 15.3. The van der Waals surface area contributed by atoms with Gasteiger partial charge in [-0.1, -0.05) is 60.7 Å². The van der Waals surface area contributed by atoms with Crippen molar-refractivity contribution in [1.82, 2.24) is 16.0 Å². The van der Waals surface area contributed by atoms with Gasteiger partial charge < -0.3 is 35.9 Å². The van der Waals surface area contributed by atoms with E-state index in [4.69, 9.17) is 19.9 Å². The van der Waals surface area contributed by atoms with Crippen molar-refractivity contribution in [2.24, 2.45) is 5.73 Å². The molecule has 0 fully saturated rings. The number of carbonyl (C=O) groups excluding carboxylic acids is 4. The van der Waals surface area contributed by atoms with Crippen molar-refractivity contribution in [2.75, 3.05) is 20.2 Å². The third kappa shape index (κ3) is 13.6. The van der Waals surface area contributed by atoms with E-state index in [1.165, 1.54) is 7.11 Å². The van der Waals surface area contributed by atoms with Gasteiger partial charge in [-0.05, 0) is 49.7 Å². The third-order valence-corrected chi connectivity index (χ3v) is 5.96. The predicted octanol–water partition coefficient (Wildman–Crippen LogP) is 3.16. The molecule has 2 aromatic carbocycles. The van der Waals surface area contributed by atoms with Gasteiger partial charge in [0.25, 0.3) is 0 Å². The molecule has 11 heteroatoms. The van der Waals surface area contributed by atoms with Gasteiger partial charge in [0.1, 0.15) is 19.3 Å². The number of esters is 1. The monoisotopic (exact) mass is 556 g/mol. The quantitative estimate of drug-likeness (QED) is 0.131. The molecule has 218 valence electrons. The maximum atomic E-state index is 12.5. The summed E-state index contributed by atoms with van der Waals surface area (Å²) in [4.78, 5) is 48.3. The predicted molar refractivity (Wildman–Crippen MR) is 149 cm³/mol. The Balaban J connectivity index is 1.57. The second-order valence-corrected chi connectivity index (χ2v) is 9.16. The Morgan fingerprint density at radius 2 is 1.20 bits per heavy atom. The fourth-order valence-corrected chi connectivity index (χ4v) is 3.69. The summed E-state index contributed by atoms with van der Waals surface area (Å²) in [6.07, 6.45) is 2.04. The smallest absolute Gasteiger partial charge is 0.407 e. The maximum Gasteiger partial charge on any atom is 0.407 e. The first-order valence-corrected chi connectivity index (χ1v) is 13.4. The molecule has 0 aliphatic heterocycles. The van der Waals surface area contributed by atoms with E-state index in [1.54, 1.807) is 0 Å². The molecule has 2 unspecified atom stereocenters. The van der Waals surface area contributed by atoms with Gasteiger partial charge in [-0.3, -0.25) is 4.79 Å². The maximum absolute atomic E-state index is 12.5. The highest BCUT2D eigenvalue weighted by Crippen LogP contribution is 2.06. The molecule has 2 aromatic rings. The van der Waals surface area contributed by atoms with Gasteiger partial charge in [-0.15, -0.1) is 0 Å². The van der Waals surface area contributed by atoms with Crippen LogP contribution in [0.2, 0.25) is 0 Å². The van der Waals surface area contributed by atoms with Crippen molar-refractivity contribution >= 4 is 24.1 Å². The van der Waals surface area contributed by atoms with Crippen LogP contribution in [-0.4, -0.2) is 56.3 Å². The highest BCUT2D eigenvalue weighted by atomic mass is 16.6. The minimum Gasteiger partial charge on any atom is -0.467 e. The van der Waals surface area contributed by atoms with Crippen LogP contribution in [0.25, 0.3) is 0 Å². The Labute approximate surface area is 235 Å². The van der Waals surface area contributed by atoms with E-state index in [9.17, 15) is 19.2 Å². The van der Waals surface area contributed by atoms with Crippen molar-refractivity contribution in [1.29, 1.82) is 0 Å². The van der Waals surface area contributed by atoms with Crippen molar-refractivity contribution in [3.63, 3.8) is 0 Å². The summed E-state index contributed by atoms with van der Waals surface area (Å²) in [6.45, 7) is 1.13. The average molecular weight is 557 g/mol. The number of carbonyl (C=O) groups is 4. The van der Waals surface area contributed by atoms with Crippen LogP contribution >= 0.6 is 0 Å². The zero-order chi connectivity index (χ0) is 29.0. The SMILES string of the molecule is COC(=O)C(CCCCNC(=O)OCc1ccccc1)NC(=O)C(N)CCCCNC(=O)OCc1ccccc1. The van der Waals surface area contributed by atoms with Crippen LogP contribution in [0, 0.1) is 0 Å². The first-order chi connectivity index (χ1) is 19.4. The summed E-state index contributed by atoms with van der Waals surface area (Å²) in [5.74, 6) is -1.01. The Morgan fingerprint density at radius 1 is 0.725 bits per heavy atom. The van der Waals surface area contributed by atoms with Crippen LogP contribution < -0.4 is 21.7 Å². The Bertz CT molecular complexity index is 1040. The number of amides is 3. The number of rotatable bonds is 17. The van der Waals surface area contributed by atoms with E-state index in [0.717, 1.165) is 11.1 Å². The number of hydrogen-bond donors (Lipinski definition) is 4. The number of ether oxygens (including phenoxy) is 3. The van der Waals surface area contributed by atoms with Crippen LogP contribution in [0.1, 0.15) is 49.7 Å². The van der Waals surface area contributed by atoms with Crippen LogP contribution in [0.4, 0.5) is 9.59 Å². The topological polar surface area (TPSA) is 158 Å². The molecule has 0 saturated carbocycles. The highest BCUT2D eigenvalue weighted by molar-refractivity contribution is 5.87. The van der Waals surface area contributed by atoms with E-state index in [2.05, 4.69) is 16.0 Å². The number of benzene rings is 2. The fourth-order valence-electron chi connectivity index (χ4n) is 3.69. The van der Waals surface area contributed by atoms with Gasteiger partial charge in [-0.2, -0.15) is 0 Å². The van der Waals surface area contributed by atoms with E-state index >= 15 is 0 Å². The molecule has 11 nitrogen and oxygen atoms in total. The van der Waals surface area contributed by atoms with E-state index in [1.807, 2.05) is 60.7 Å². The Hall–Kier alpha value is -4.12. The van der Waals surface area contributed by atoms with Gasteiger partial charge >= 0.3 is 18.2 Å². The molecule has 5 N–H and O–H groups in total. The molecular formula is C29H40N4O7. The molecule has 0 radical (unpaired) electrons. The largest absolute Gasteiger partial charge is 0.467 e. The molecule has 2 rings (SSSR count). The zero-order valence-corrected chi connectivity index (χ0v) is 22.9. The Morgan fingerprint density at radius 3 is 1.68 bits per heavy atom. The van der Waals surface area contributed by atoms with Crippen molar-refractivity contribution in [2.45, 2.75) is 63.8 Å². The molecule has 0 heterocycles. The van der Waals surface area contributed by atoms with Gasteiger partial charge in [0.05, 0.1) is 13.2 Å². The molecule has 0 saturated heterocycles. The van der Waals surface area contributed by atoms with Gasteiger partial charge in [0.15, 0.2) is 0 Å². The van der Waals surface area contributed by atoms with Crippen molar-refractivity contribution in [3.05, 3.63) is 71.8 Å². The standard InChI is InChI=1S/C29H40N4O7/c1-38-27(35)25(17-9-11-19-32-29(37)40-21-23-14-6-3-7-15-23)33-26(34)24(30)16-8-10-18-31-28(36)39-20-22-12-4-2-5-13-22/h2-7,12-15,24-25H,8-11,16-21,30H2,1H3,(H,31,36)(H,32,37)(H,33,34). The summed E-state index contributed by atoms with van der Waals surface area (Å²) >= 11 is 0. The second kappa shape index (κ2) is 19.0. The van der Waals surface area contributed by atoms with Gasteiger partial charge in [-0.25, -0.2) is 14.4 Å². The molecule has 0 aliphatic rings. The van der Waals surface area contributed by atoms with Crippen LogP contribution in [0.3, 0.4) is 0 Å². The van der Waals surface area contributed by atoms with E-state index in [-0.39, 0.29) is 13.2 Å². The average Bonchev–Trinajstić information content (AvgIpc) is 2.98. The van der Waals surface area contributed by atoms with Crippen molar-refractivity contribution in [3.8, 4) is 0 Å². The van der Waals surface area contributed by atoms with Crippen LogP contribution in [-0.2, 0) is 37.0 Å². The molecule has 0 aromatic heterocycles. The number of alkyl carbamates (subject to hydrolysis) is 2. The molecule has 40 heavy (non-hydrogen) atoms. The summed E-state index contributed by atoms with van der Waals surface area (Å²) < 4.78 is 15.1. The first-order valence-electron chi connectivity index (χ1n) is 13.4. The van der Waals surface area contributed by atoms with Crippen molar-refractivity contribution < 1.29 is 33.4 Å². The summed E-state index contributed by atoms with van der Waals surface area (Å²) in [5.41, 5.74) is 7.79.